The van der Waals surface area contributed by atoms with E-state index in [-0.39, 0.29) is 0 Å². The van der Waals surface area contributed by atoms with E-state index >= 15 is 0 Å². The fourth-order valence-electron chi connectivity index (χ4n) is 2.64. The third-order valence-electron chi connectivity index (χ3n) is 3.67. The predicted octanol–water partition coefficient (Wildman–Crippen LogP) is 4.13. The SMILES string of the molecule is CCCCCCN(CCC)Cc1cn2ccccc2n1. The lowest BCUT2D eigenvalue weighted by molar-refractivity contribution is 0.257. The third kappa shape index (κ3) is 4.34. The Kier molecular flexibility index (Phi) is 6.06. The summed E-state index contributed by atoms with van der Waals surface area (Å²) in [4.78, 5) is 7.24. The Morgan fingerprint density at radius 1 is 1.05 bits per heavy atom. The van der Waals surface area contributed by atoms with E-state index < -0.39 is 0 Å². The van der Waals surface area contributed by atoms with Crippen molar-refractivity contribution >= 4 is 5.65 Å². The van der Waals surface area contributed by atoms with Crippen LogP contribution >= 0.6 is 0 Å². The van der Waals surface area contributed by atoms with Crippen LogP contribution in [0.25, 0.3) is 5.65 Å². The molecule has 0 aliphatic carbocycles. The van der Waals surface area contributed by atoms with Gasteiger partial charge in [-0.05, 0) is 38.1 Å². The van der Waals surface area contributed by atoms with E-state index in [1.54, 1.807) is 0 Å². The number of nitrogens with zero attached hydrogens (tertiary/aromatic N) is 3. The van der Waals surface area contributed by atoms with Crippen LogP contribution in [0.5, 0.6) is 0 Å². The number of imidazole rings is 1. The minimum absolute atomic E-state index is 0.974. The summed E-state index contributed by atoms with van der Waals surface area (Å²) in [6, 6.07) is 6.16. The summed E-state index contributed by atoms with van der Waals surface area (Å²) in [6.45, 7) is 7.85. The largest absolute Gasteiger partial charge is 0.307 e. The van der Waals surface area contributed by atoms with E-state index in [2.05, 4.69) is 41.6 Å². The molecule has 110 valence electrons. The van der Waals surface area contributed by atoms with Gasteiger partial charge in [-0.3, -0.25) is 4.90 Å². The van der Waals surface area contributed by atoms with Crippen LogP contribution in [-0.2, 0) is 6.54 Å². The highest BCUT2D eigenvalue weighted by molar-refractivity contribution is 5.39. The van der Waals surface area contributed by atoms with Crippen LogP contribution in [0.1, 0.15) is 51.6 Å². The second kappa shape index (κ2) is 8.05. The van der Waals surface area contributed by atoms with E-state index in [9.17, 15) is 0 Å². The molecular formula is C17H27N3. The average molecular weight is 273 g/mol. The Labute approximate surface area is 122 Å². The molecule has 3 heteroatoms. The van der Waals surface area contributed by atoms with Crippen LogP contribution in [0.2, 0.25) is 0 Å². The maximum atomic E-state index is 4.70. The molecule has 2 rings (SSSR count). The molecule has 0 unspecified atom stereocenters. The van der Waals surface area contributed by atoms with Crippen LogP contribution < -0.4 is 0 Å². The van der Waals surface area contributed by atoms with Gasteiger partial charge < -0.3 is 4.40 Å². The fourth-order valence-corrected chi connectivity index (χ4v) is 2.64. The Morgan fingerprint density at radius 2 is 1.95 bits per heavy atom. The van der Waals surface area contributed by atoms with E-state index in [1.165, 1.54) is 50.9 Å². The van der Waals surface area contributed by atoms with E-state index in [0.29, 0.717) is 0 Å². The molecule has 0 N–H and O–H groups in total. The molecule has 0 saturated carbocycles. The summed E-state index contributed by atoms with van der Waals surface area (Å²) in [6.07, 6.45) is 10.8. The zero-order chi connectivity index (χ0) is 14.2. The number of unbranched alkanes of at least 4 members (excludes halogenated alkanes) is 3. The van der Waals surface area contributed by atoms with Crippen molar-refractivity contribution in [3.63, 3.8) is 0 Å². The molecule has 2 aromatic rings. The van der Waals surface area contributed by atoms with Gasteiger partial charge in [-0.25, -0.2) is 4.98 Å². The first-order chi connectivity index (χ1) is 9.83. The number of hydrogen-bond acceptors (Lipinski definition) is 2. The van der Waals surface area contributed by atoms with Crippen LogP contribution in [0.15, 0.2) is 30.6 Å². The first kappa shape index (κ1) is 15.0. The van der Waals surface area contributed by atoms with Crippen molar-refractivity contribution in [1.82, 2.24) is 14.3 Å². The van der Waals surface area contributed by atoms with Gasteiger partial charge in [0.25, 0.3) is 0 Å². The Hall–Kier alpha value is -1.35. The molecular weight excluding hydrogens is 246 g/mol. The molecule has 0 atom stereocenters. The highest BCUT2D eigenvalue weighted by Crippen LogP contribution is 2.09. The molecule has 20 heavy (non-hydrogen) atoms. The lowest BCUT2D eigenvalue weighted by atomic mass is 10.2. The van der Waals surface area contributed by atoms with Crippen molar-refractivity contribution in [3.05, 3.63) is 36.3 Å². The molecule has 0 saturated heterocycles. The third-order valence-corrected chi connectivity index (χ3v) is 3.67. The van der Waals surface area contributed by atoms with Gasteiger partial charge in [0.05, 0.1) is 5.69 Å². The van der Waals surface area contributed by atoms with E-state index in [4.69, 9.17) is 4.98 Å². The summed E-state index contributed by atoms with van der Waals surface area (Å²) < 4.78 is 2.11. The van der Waals surface area contributed by atoms with Crippen LogP contribution in [-0.4, -0.2) is 27.4 Å². The molecule has 3 nitrogen and oxygen atoms in total. The van der Waals surface area contributed by atoms with Gasteiger partial charge in [-0.2, -0.15) is 0 Å². The monoisotopic (exact) mass is 273 g/mol. The summed E-state index contributed by atoms with van der Waals surface area (Å²) in [5.74, 6) is 0. The number of fused-ring (bicyclic) bond motifs is 1. The number of pyridine rings is 1. The topological polar surface area (TPSA) is 20.5 Å². The van der Waals surface area contributed by atoms with Gasteiger partial charge in [0.1, 0.15) is 5.65 Å². The zero-order valence-electron chi connectivity index (χ0n) is 12.9. The van der Waals surface area contributed by atoms with Gasteiger partial charge in [0.2, 0.25) is 0 Å². The zero-order valence-corrected chi connectivity index (χ0v) is 12.9. The second-order valence-corrected chi connectivity index (χ2v) is 5.54. The normalized spacial score (nSPS) is 11.6. The predicted molar refractivity (Wildman–Crippen MR) is 84.9 cm³/mol. The molecule has 0 fully saturated rings. The van der Waals surface area contributed by atoms with E-state index in [1.807, 2.05) is 12.1 Å². The minimum atomic E-state index is 0.974. The molecule has 0 aliphatic heterocycles. The molecule has 0 amide bonds. The quantitative estimate of drug-likeness (QED) is 0.640. The smallest absolute Gasteiger partial charge is 0.137 e. The van der Waals surface area contributed by atoms with Gasteiger partial charge in [0.15, 0.2) is 0 Å². The standard InChI is InChI=1S/C17H27N3/c1-3-5-6-8-12-19(11-4-2)14-16-15-20-13-9-7-10-17(20)18-16/h7,9-10,13,15H,3-6,8,11-12,14H2,1-2H3. The number of hydrogen-bond donors (Lipinski definition) is 0. The highest BCUT2D eigenvalue weighted by Gasteiger charge is 2.08. The lowest BCUT2D eigenvalue weighted by Gasteiger charge is -2.20. The molecule has 2 heterocycles. The molecule has 0 spiro atoms. The van der Waals surface area contributed by atoms with Crippen LogP contribution in [0.4, 0.5) is 0 Å². The molecule has 0 bridgehead atoms. The first-order valence-corrected chi connectivity index (χ1v) is 7.98. The Morgan fingerprint density at radius 3 is 2.70 bits per heavy atom. The van der Waals surface area contributed by atoms with Gasteiger partial charge >= 0.3 is 0 Å². The summed E-state index contributed by atoms with van der Waals surface area (Å²) in [5.41, 5.74) is 2.23. The van der Waals surface area contributed by atoms with Crippen molar-refractivity contribution in [1.29, 1.82) is 0 Å². The van der Waals surface area contributed by atoms with Gasteiger partial charge in [0, 0.05) is 18.9 Å². The molecule has 0 aliphatic rings. The Balaban J connectivity index is 1.92. The number of aromatic nitrogens is 2. The minimum Gasteiger partial charge on any atom is -0.307 e. The van der Waals surface area contributed by atoms with Crippen LogP contribution in [0, 0.1) is 0 Å². The number of rotatable bonds is 9. The van der Waals surface area contributed by atoms with Crippen molar-refractivity contribution in [2.24, 2.45) is 0 Å². The highest BCUT2D eigenvalue weighted by atomic mass is 15.1. The van der Waals surface area contributed by atoms with Crippen molar-refractivity contribution in [2.45, 2.75) is 52.5 Å². The summed E-state index contributed by atoms with van der Waals surface area (Å²) >= 11 is 0. The van der Waals surface area contributed by atoms with Crippen molar-refractivity contribution < 1.29 is 0 Å². The fraction of sp³-hybridized carbons (Fsp3) is 0.588. The molecule has 0 aromatic carbocycles. The lowest BCUT2D eigenvalue weighted by Crippen LogP contribution is -2.25. The second-order valence-electron chi connectivity index (χ2n) is 5.54. The van der Waals surface area contributed by atoms with Gasteiger partial charge in [-0.15, -0.1) is 0 Å². The Bertz CT molecular complexity index is 471. The van der Waals surface area contributed by atoms with Gasteiger partial charge in [-0.1, -0.05) is 39.2 Å². The average Bonchev–Trinajstić information content (AvgIpc) is 2.86. The molecule has 0 radical (unpaired) electrons. The van der Waals surface area contributed by atoms with Crippen molar-refractivity contribution in [2.75, 3.05) is 13.1 Å². The van der Waals surface area contributed by atoms with Crippen LogP contribution in [0.3, 0.4) is 0 Å². The summed E-state index contributed by atoms with van der Waals surface area (Å²) in [5, 5.41) is 0. The van der Waals surface area contributed by atoms with Crippen molar-refractivity contribution in [3.8, 4) is 0 Å². The van der Waals surface area contributed by atoms with E-state index in [0.717, 1.165) is 12.2 Å². The maximum Gasteiger partial charge on any atom is 0.137 e. The maximum absolute atomic E-state index is 4.70. The molecule has 2 aromatic heterocycles. The first-order valence-electron chi connectivity index (χ1n) is 7.98. The summed E-state index contributed by atoms with van der Waals surface area (Å²) in [7, 11) is 0.